The van der Waals surface area contributed by atoms with Gasteiger partial charge in [0.2, 0.25) is 0 Å². The lowest BCUT2D eigenvalue weighted by Crippen LogP contribution is -2.38. The molecule has 0 bridgehead atoms. The topological polar surface area (TPSA) is 59.6 Å². The maximum absolute atomic E-state index is 13.7. The SMILES string of the molecule is CNCc1ccc(OCC(=O)NC(C)COC)c(F)c1. The Morgan fingerprint density at radius 2 is 2.20 bits per heavy atom. The lowest BCUT2D eigenvalue weighted by molar-refractivity contribution is -0.124. The molecule has 1 amide bonds. The molecule has 0 spiro atoms. The average Bonchev–Trinajstić information content (AvgIpc) is 2.38. The highest BCUT2D eigenvalue weighted by atomic mass is 19.1. The lowest BCUT2D eigenvalue weighted by atomic mass is 10.2. The third kappa shape index (κ3) is 5.54. The van der Waals surface area contributed by atoms with E-state index in [2.05, 4.69) is 10.6 Å². The predicted molar refractivity (Wildman–Crippen MR) is 74.1 cm³/mol. The number of carbonyl (C=O) groups is 1. The molecule has 112 valence electrons. The Labute approximate surface area is 118 Å². The molecule has 1 rings (SSSR count). The van der Waals surface area contributed by atoms with Crippen LogP contribution in [-0.2, 0) is 16.1 Å². The van der Waals surface area contributed by atoms with Crippen molar-refractivity contribution in [1.82, 2.24) is 10.6 Å². The fourth-order valence-corrected chi connectivity index (χ4v) is 1.73. The molecule has 0 aliphatic heterocycles. The summed E-state index contributed by atoms with van der Waals surface area (Å²) in [6.07, 6.45) is 0. The van der Waals surface area contributed by atoms with Gasteiger partial charge in [-0.3, -0.25) is 4.79 Å². The second kappa shape index (κ2) is 8.50. The van der Waals surface area contributed by atoms with Crippen LogP contribution in [0.4, 0.5) is 4.39 Å². The number of benzene rings is 1. The number of methoxy groups -OCH3 is 1. The van der Waals surface area contributed by atoms with Crippen molar-refractivity contribution in [1.29, 1.82) is 0 Å². The number of carbonyl (C=O) groups excluding carboxylic acids is 1. The fourth-order valence-electron chi connectivity index (χ4n) is 1.73. The number of ether oxygens (including phenoxy) is 2. The van der Waals surface area contributed by atoms with Crippen molar-refractivity contribution in [2.45, 2.75) is 19.5 Å². The molecule has 5 nitrogen and oxygen atoms in total. The molecular formula is C14H21FN2O3. The smallest absolute Gasteiger partial charge is 0.258 e. The third-order valence-electron chi connectivity index (χ3n) is 2.56. The molecule has 1 unspecified atom stereocenters. The van der Waals surface area contributed by atoms with Gasteiger partial charge in [0.15, 0.2) is 18.2 Å². The van der Waals surface area contributed by atoms with Gasteiger partial charge in [0.25, 0.3) is 5.91 Å². The summed E-state index contributed by atoms with van der Waals surface area (Å²) in [6, 6.07) is 4.55. The third-order valence-corrected chi connectivity index (χ3v) is 2.56. The minimum absolute atomic E-state index is 0.0689. The Morgan fingerprint density at radius 1 is 1.45 bits per heavy atom. The van der Waals surface area contributed by atoms with Crippen LogP contribution in [0.3, 0.4) is 0 Å². The molecule has 0 aromatic heterocycles. The number of nitrogens with one attached hydrogen (secondary N) is 2. The van der Waals surface area contributed by atoms with Crippen molar-refractivity contribution < 1.29 is 18.7 Å². The zero-order valence-electron chi connectivity index (χ0n) is 12.0. The van der Waals surface area contributed by atoms with Gasteiger partial charge in [-0.2, -0.15) is 0 Å². The van der Waals surface area contributed by atoms with Crippen LogP contribution >= 0.6 is 0 Å². The van der Waals surface area contributed by atoms with Crippen molar-refractivity contribution in [3.8, 4) is 5.75 Å². The van der Waals surface area contributed by atoms with Gasteiger partial charge < -0.3 is 20.1 Å². The van der Waals surface area contributed by atoms with Gasteiger partial charge in [-0.05, 0) is 31.7 Å². The summed E-state index contributed by atoms with van der Waals surface area (Å²) in [5, 5.41) is 5.61. The second-order valence-electron chi connectivity index (χ2n) is 4.51. The Morgan fingerprint density at radius 3 is 2.80 bits per heavy atom. The largest absolute Gasteiger partial charge is 0.481 e. The molecule has 1 aromatic rings. The molecule has 0 fully saturated rings. The van der Waals surface area contributed by atoms with E-state index in [1.807, 2.05) is 6.92 Å². The summed E-state index contributed by atoms with van der Waals surface area (Å²) >= 11 is 0. The first-order valence-corrected chi connectivity index (χ1v) is 6.41. The first-order chi connectivity index (χ1) is 9.56. The van der Waals surface area contributed by atoms with Gasteiger partial charge >= 0.3 is 0 Å². The number of hydrogen-bond donors (Lipinski definition) is 2. The van der Waals surface area contributed by atoms with Crippen molar-refractivity contribution >= 4 is 5.91 Å². The number of hydrogen-bond acceptors (Lipinski definition) is 4. The van der Waals surface area contributed by atoms with Gasteiger partial charge in [0, 0.05) is 19.7 Å². The van der Waals surface area contributed by atoms with E-state index in [1.54, 1.807) is 20.2 Å². The standard InChI is InChI=1S/C14H21FN2O3/c1-10(8-19-3)17-14(18)9-20-13-5-4-11(7-16-2)6-12(13)15/h4-6,10,16H,7-9H2,1-3H3,(H,17,18). The zero-order chi connectivity index (χ0) is 15.0. The Kier molecular flexibility index (Phi) is 6.97. The van der Waals surface area contributed by atoms with Crippen LogP contribution in [0.15, 0.2) is 18.2 Å². The summed E-state index contributed by atoms with van der Waals surface area (Å²) in [7, 11) is 3.34. The highest BCUT2D eigenvalue weighted by molar-refractivity contribution is 5.77. The van der Waals surface area contributed by atoms with E-state index < -0.39 is 5.82 Å². The van der Waals surface area contributed by atoms with Crippen LogP contribution < -0.4 is 15.4 Å². The summed E-state index contributed by atoms with van der Waals surface area (Å²) in [4.78, 5) is 11.6. The second-order valence-corrected chi connectivity index (χ2v) is 4.51. The van der Waals surface area contributed by atoms with Gasteiger partial charge in [-0.1, -0.05) is 6.07 Å². The Balaban J connectivity index is 2.47. The normalized spacial score (nSPS) is 12.0. The van der Waals surface area contributed by atoms with E-state index in [0.29, 0.717) is 13.2 Å². The van der Waals surface area contributed by atoms with Gasteiger partial charge in [-0.15, -0.1) is 0 Å². The molecule has 20 heavy (non-hydrogen) atoms. The van der Waals surface area contributed by atoms with Crippen LogP contribution in [0.5, 0.6) is 5.75 Å². The summed E-state index contributed by atoms with van der Waals surface area (Å²) < 4.78 is 23.8. The molecule has 2 N–H and O–H groups in total. The van der Waals surface area contributed by atoms with Gasteiger partial charge in [0.1, 0.15) is 0 Å². The van der Waals surface area contributed by atoms with E-state index >= 15 is 0 Å². The van der Waals surface area contributed by atoms with Crippen LogP contribution in [-0.4, -0.2) is 39.3 Å². The molecular weight excluding hydrogens is 263 g/mol. The number of rotatable bonds is 8. The van der Waals surface area contributed by atoms with E-state index in [-0.39, 0.29) is 24.3 Å². The van der Waals surface area contributed by atoms with Crippen LogP contribution in [0.25, 0.3) is 0 Å². The first-order valence-electron chi connectivity index (χ1n) is 6.41. The molecule has 6 heteroatoms. The molecule has 0 heterocycles. The predicted octanol–water partition coefficient (Wildman–Crippen LogP) is 1.07. The summed E-state index contributed by atoms with van der Waals surface area (Å²) in [5.74, 6) is -0.719. The maximum Gasteiger partial charge on any atom is 0.258 e. The van der Waals surface area contributed by atoms with Crippen molar-refractivity contribution in [2.75, 3.05) is 27.4 Å². The van der Waals surface area contributed by atoms with Crippen LogP contribution in [0, 0.1) is 5.82 Å². The first kappa shape index (κ1) is 16.4. The molecule has 0 saturated heterocycles. The van der Waals surface area contributed by atoms with Crippen molar-refractivity contribution in [3.05, 3.63) is 29.6 Å². The summed E-state index contributed by atoms with van der Waals surface area (Å²) in [5.41, 5.74) is 0.815. The molecule has 1 aromatic carbocycles. The number of halogens is 1. The molecule has 0 saturated carbocycles. The Hall–Kier alpha value is -1.66. The van der Waals surface area contributed by atoms with E-state index in [4.69, 9.17) is 9.47 Å². The molecule has 1 atom stereocenters. The zero-order valence-corrected chi connectivity index (χ0v) is 12.0. The van der Waals surface area contributed by atoms with Crippen LogP contribution in [0.1, 0.15) is 12.5 Å². The monoisotopic (exact) mass is 284 g/mol. The molecule has 0 aliphatic carbocycles. The number of amides is 1. The lowest BCUT2D eigenvalue weighted by Gasteiger charge is -2.13. The molecule has 0 aliphatic rings. The van der Waals surface area contributed by atoms with Crippen molar-refractivity contribution in [3.63, 3.8) is 0 Å². The van der Waals surface area contributed by atoms with Gasteiger partial charge in [0.05, 0.1) is 6.61 Å². The van der Waals surface area contributed by atoms with Gasteiger partial charge in [-0.25, -0.2) is 4.39 Å². The highest BCUT2D eigenvalue weighted by Crippen LogP contribution is 2.18. The summed E-state index contributed by atoms with van der Waals surface area (Å²) in [6.45, 7) is 2.58. The maximum atomic E-state index is 13.7. The van der Waals surface area contributed by atoms with Crippen LogP contribution in [0.2, 0.25) is 0 Å². The Bertz CT molecular complexity index is 440. The highest BCUT2D eigenvalue weighted by Gasteiger charge is 2.10. The molecule has 0 radical (unpaired) electrons. The average molecular weight is 284 g/mol. The van der Waals surface area contributed by atoms with E-state index in [1.165, 1.54) is 12.1 Å². The van der Waals surface area contributed by atoms with Crippen molar-refractivity contribution in [2.24, 2.45) is 0 Å². The fraction of sp³-hybridized carbons (Fsp3) is 0.500. The quantitative estimate of drug-likeness (QED) is 0.750. The minimum Gasteiger partial charge on any atom is -0.481 e. The minimum atomic E-state index is -0.476. The van der Waals surface area contributed by atoms with E-state index in [9.17, 15) is 9.18 Å². The van der Waals surface area contributed by atoms with E-state index in [0.717, 1.165) is 5.56 Å².